The van der Waals surface area contributed by atoms with Gasteiger partial charge in [0, 0.05) is 27.7 Å². The van der Waals surface area contributed by atoms with Crippen LogP contribution in [-0.4, -0.2) is 19.8 Å². The molecule has 0 saturated carbocycles. The maximum atomic E-state index is 10.5. The average Bonchev–Trinajstić information content (AvgIpc) is 3.31. The minimum atomic E-state index is -0.124. The number of thiocarbonyl (C=S) groups is 1. The van der Waals surface area contributed by atoms with Crippen LogP contribution in [0.15, 0.2) is 83.5 Å². The van der Waals surface area contributed by atoms with E-state index in [0.29, 0.717) is 5.11 Å². The van der Waals surface area contributed by atoms with Crippen LogP contribution in [-0.2, 0) is 0 Å². The first-order valence-electron chi connectivity index (χ1n) is 10.7. The second-order valence-corrected chi connectivity index (χ2v) is 9.43. The van der Waals surface area contributed by atoms with Gasteiger partial charge in [-0.1, -0.05) is 34.1 Å². The number of aromatic nitrogens is 2. The first kappa shape index (κ1) is 21.7. The number of hydrogen-bond donors (Lipinski definition) is 2. The van der Waals surface area contributed by atoms with Gasteiger partial charge in [-0.3, -0.25) is 4.98 Å². The fourth-order valence-corrected chi connectivity index (χ4v) is 5.27. The molecule has 2 N–H and O–H groups in total. The first-order chi connectivity index (χ1) is 16.0. The van der Waals surface area contributed by atoms with Crippen molar-refractivity contribution in [2.45, 2.75) is 25.9 Å². The zero-order valence-electron chi connectivity index (χ0n) is 18.2. The number of para-hydroxylation sites is 2. The highest BCUT2D eigenvalue weighted by Crippen LogP contribution is 2.44. The summed E-state index contributed by atoms with van der Waals surface area (Å²) in [5, 5.41) is 14.7. The van der Waals surface area contributed by atoms with Gasteiger partial charge in [0.1, 0.15) is 5.75 Å². The van der Waals surface area contributed by atoms with E-state index in [0.717, 1.165) is 38.5 Å². The molecule has 2 unspecified atom stereocenters. The summed E-state index contributed by atoms with van der Waals surface area (Å²) < 4.78 is 3.11. The summed E-state index contributed by atoms with van der Waals surface area (Å²) in [5.41, 5.74) is 5.91. The van der Waals surface area contributed by atoms with Crippen molar-refractivity contribution in [2.75, 3.05) is 4.90 Å². The smallest absolute Gasteiger partial charge is 0.174 e. The van der Waals surface area contributed by atoms with Crippen LogP contribution in [0.4, 0.5) is 5.69 Å². The number of aromatic hydroxyl groups is 1. The van der Waals surface area contributed by atoms with Crippen molar-refractivity contribution < 1.29 is 5.11 Å². The van der Waals surface area contributed by atoms with Gasteiger partial charge < -0.3 is 19.9 Å². The predicted octanol–water partition coefficient (Wildman–Crippen LogP) is 6.13. The molecule has 0 radical (unpaired) electrons. The van der Waals surface area contributed by atoms with E-state index in [1.54, 1.807) is 6.07 Å². The lowest BCUT2D eigenvalue weighted by Crippen LogP contribution is -2.29. The van der Waals surface area contributed by atoms with Crippen molar-refractivity contribution in [3.63, 3.8) is 0 Å². The van der Waals surface area contributed by atoms with Gasteiger partial charge in [0.25, 0.3) is 0 Å². The molecule has 1 saturated heterocycles. The molecule has 5 rings (SSSR count). The standard InChI is InChI=1S/C26H23BrN4OS/c1-16-15-20(17(2)30(16)22-8-3-4-9-23(22)32)25-24(21-7-5-6-14-28-21)29-26(33)31(25)19-12-10-18(27)11-13-19/h3-15,24-25,32H,1-2H3,(H,29,33). The molecule has 0 amide bonds. The normalized spacial score (nSPS) is 17.9. The lowest BCUT2D eigenvalue weighted by molar-refractivity contribution is 0.471. The fourth-order valence-electron chi connectivity index (χ4n) is 4.66. The number of aryl methyl sites for hydroxylation is 1. The number of nitrogens with zero attached hydrogens (tertiary/aromatic N) is 3. The van der Waals surface area contributed by atoms with Crippen LogP contribution in [0, 0.1) is 13.8 Å². The van der Waals surface area contributed by atoms with Crippen LogP contribution in [0.2, 0.25) is 0 Å². The van der Waals surface area contributed by atoms with Crippen molar-refractivity contribution in [3.8, 4) is 11.4 Å². The Bertz CT molecular complexity index is 1320. The molecule has 0 aliphatic carbocycles. The number of rotatable bonds is 4. The van der Waals surface area contributed by atoms with E-state index in [4.69, 9.17) is 12.2 Å². The molecule has 4 aromatic rings. The van der Waals surface area contributed by atoms with Crippen molar-refractivity contribution >= 4 is 38.9 Å². The van der Waals surface area contributed by atoms with Crippen molar-refractivity contribution in [1.82, 2.24) is 14.9 Å². The van der Waals surface area contributed by atoms with Crippen LogP contribution >= 0.6 is 28.1 Å². The topological polar surface area (TPSA) is 53.3 Å². The molecule has 3 heterocycles. The summed E-state index contributed by atoms with van der Waals surface area (Å²) in [5.74, 6) is 0.247. The Morgan fingerprint density at radius 1 is 1.00 bits per heavy atom. The number of phenols is 1. The van der Waals surface area contributed by atoms with E-state index in [2.05, 4.69) is 67.7 Å². The zero-order chi connectivity index (χ0) is 23.1. The quantitative estimate of drug-likeness (QED) is 0.318. The summed E-state index contributed by atoms with van der Waals surface area (Å²) in [6, 6.07) is 23.5. The van der Waals surface area contributed by atoms with Crippen LogP contribution in [0.25, 0.3) is 5.69 Å². The third-order valence-electron chi connectivity index (χ3n) is 6.11. The summed E-state index contributed by atoms with van der Waals surface area (Å²) in [7, 11) is 0. The number of nitrogens with one attached hydrogen (secondary N) is 1. The number of pyridine rings is 1. The van der Waals surface area contributed by atoms with E-state index < -0.39 is 0 Å². The maximum Gasteiger partial charge on any atom is 0.174 e. The molecule has 2 aromatic heterocycles. The Labute approximate surface area is 206 Å². The van der Waals surface area contributed by atoms with Gasteiger partial charge in [-0.25, -0.2) is 0 Å². The van der Waals surface area contributed by atoms with Gasteiger partial charge in [0.2, 0.25) is 0 Å². The minimum absolute atomic E-state index is 0.112. The van der Waals surface area contributed by atoms with E-state index >= 15 is 0 Å². The highest BCUT2D eigenvalue weighted by molar-refractivity contribution is 9.10. The molecule has 2 atom stereocenters. The summed E-state index contributed by atoms with van der Waals surface area (Å²) in [6.45, 7) is 4.15. The van der Waals surface area contributed by atoms with Crippen molar-refractivity contribution in [3.05, 3.63) is 106 Å². The van der Waals surface area contributed by atoms with Gasteiger partial charge in [-0.05, 0) is 86.2 Å². The van der Waals surface area contributed by atoms with E-state index in [9.17, 15) is 5.11 Å². The molecule has 2 aromatic carbocycles. The summed E-state index contributed by atoms with van der Waals surface area (Å²) >= 11 is 9.37. The Balaban J connectivity index is 1.69. The number of hydrogen-bond acceptors (Lipinski definition) is 3. The van der Waals surface area contributed by atoms with Crippen LogP contribution in [0.1, 0.15) is 34.7 Å². The van der Waals surface area contributed by atoms with Crippen LogP contribution < -0.4 is 10.2 Å². The minimum Gasteiger partial charge on any atom is -0.506 e. The third-order valence-corrected chi connectivity index (χ3v) is 6.96. The summed E-state index contributed by atoms with van der Waals surface area (Å²) in [6.07, 6.45) is 1.81. The van der Waals surface area contributed by atoms with Gasteiger partial charge in [-0.2, -0.15) is 0 Å². The van der Waals surface area contributed by atoms with E-state index in [1.165, 1.54) is 0 Å². The average molecular weight is 519 g/mol. The Morgan fingerprint density at radius 3 is 2.42 bits per heavy atom. The Kier molecular flexibility index (Phi) is 5.68. The molecular formula is C26H23BrN4OS. The molecular weight excluding hydrogens is 496 g/mol. The highest BCUT2D eigenvalue weighted by Gasteiger charge is 2.42. The second-order valence-electron chi connectivity index (χ2n) is 8.12. The Morgan fingerprint density at radius 2 is 1.73 bits per heavy atom. The number of halogens is 1. The second kappa shape index (κ2) is 8.65. The van der Waals surface area contributed by atoms with Crippen molar-refractivity contribution in [2.24, 2.45) is 0 Å². The van der Waals surface area contributed by atoms with E-state index in [-0.39, 0.29) is 17.8 Å². The maximum absolute atomic E-state index is 10.5. The predicted molar refractivity (Wildman–Crippen MR) is 139 cm³/mol. The first-order valence-corrected chi connectivity index (χ1v) is 11.9. The zero-order valence-corrected chi connectivity index (χ0v) is 20.6. The fraction of sp³-hybridized carbons (Fsp3) is 0.154. The number of anilines is 1. The lowest BCUT2D eigenvalue weighted by Gasteiger charge is -2.28. The molecule has 1 aliphatic heterocycles. The molecule has 0 spiro atoms. The lowest BCUT2D eigenvalue weighted by atomic mass is 9.96. The van der Waals surface area contributed by atoms with Gasteiger partial charge in [-0.15, -0.1) is 0 Å². The van der Waals surface area contributed by atoms with Crippen LogP contribution in [0.5, 0.6) is 5.75 Å². The molecule has 7 heteroatoms. The highest BCUT2D eigenvalue weighted by atomic mass is 79.9. The van der Waals surface area contributed by atoms with Crippen LogP contribution in [0.3, 0.4) is 0 Å². The van der Waals surface area contributed by atoms with Gasteiger partial charge in [0.05, 0.1) is 23.5 Å². The molecule has 0 bridgehead atoms. The molecule has 1 fully saturated rings. The Hall–Kier alpha value is -3.16. The molecule has 166 valence electrons. The summed E-state index contributed by atoms with van der Waals surface area (Å²) in [4.78, 5) is 6.81. The van der Waals surface area contributed by atoms with Gasteiger partial charge >= 0.3 is 0 Å². The SMILES string of the molecule is Cc1cc(C2C(c3ccccn3)NC(=S)N2c2ccc(Br)cc2)c(C)n1-c1ccccc1O. The number of benzene rings is 2. The van der Waals surface area contributed by atoms with E-state index in [1.807, 2.05) is 54.7 Å². The molecule has 33 heavy (non-hydrogen) atoms. The third kappa shape index (κ3) is 3.81. The molecule has 5 nitrogen and oxygen atoms in total. The van der Waals surface area contributed by atoms with Crippen molar-refractivity contribution in [1.29, 1.82) is 0 Å². The monoisotopic (exact) mass is 518 g/mol. The molecule has 1 aliphatic rings. The largest absolute Gasteiger partial charge is 0.506 e. The van der Waals surface area contributed by atoms with Gasteiger partial charge in [0.15, 0.2) is 5.11 Å². The number of phenolic OH excluding ortho intramolecular Hbond substituents is 1.